The molecule has 3 N–H and O–H groups in total. The van der Waals surface area contributed by atoms with Crippen LogP contribution in [0.4, 0.5) is 11.5 Å². The molecule has 0 unspecified atom stereocenters. The number of rotatable bonds is 3. The zero-order valence-corrected chi connectivity index (χ0v) is 9.27. The summed E-state index contributed by atoms with van der Waals surface area (Å²) >= 11 is 0. The van der Waals surface area contributed by atoms with Gasteiger partial charge in [0.25, 0.3) is 0 Å². The van der Waals surface area contributed by atoms with Crippen LogP contribution in [0, 0.1) is 6.92 Å². The number of hydrogen-bond donors (Lipinski definition) is 2. The van der Waals surface area contributed by atoms with Gasteiger partial charge < -0.3 is 11.1 Å². The minimum Gasteiger partial charge on any atom is -0.398 e. The Morgan fingerprint density at radius 1 is 1.25 bits per heavy atom. The van der Waals surface area contributed by atoms with Gasteiger partial charge in [-0.15, -0.1) is 0 Å². The summed E-state index contributed by atoms with van der Waals surface area (Å²) in [7, 11) is 0. The second kappa shape index (κ2) is 4.66. The molecule has 3 nitrogen and oxygen atoms in total. The summed E-state index contributed by atoms with van der Waals surface area (Å²) in [5, 5.41) is 3.25. The first-order valence-corrected chi connectivity index (χ1v) is 5.25. The van der Waals surface area contributed by atoms with E-state index in [2.05, 4.69) is 10.3 Å². The maximum Gasteiger partial charge on any atom is 0.126 e. The van der Waals surface area contributed by atoms with Crippen molar-refractivity contribution in [1.29, 1.82) is 0 Å². The van der Waals surface area contributed by atoms with Crippen molar-refractivity contribution in [2.24, 2.45) is 0 Å². The lowest BCUT2D eigenvalue weighted by Gasteiger charge is -2.08. The van der Waals surface area contributed by atoms with E-state index in [1.54, 1.807) is 6.20 Å². The van der Waals surface area contributed by atoms with Gasteiger partial charge in [0.2, 0.25) is 0 Å². The zero-order valence-electron chi connectivity index (χ0n) is 9.27. The van der Waals surface area contributed by atoms with E-state index < -0.39 is 0 Å². The van der Waals surface area contributed by atoms with Crippen molar-refractivity contribution >= 4 is 11.5 Å². The lowest BCUT2D eigenvalue weighted by atomic mass is 10.2. The molecule has 0 saturated heterocycles. The molecule has 0 saturated carbocycles. The van der Waals surface area contributed by atoms with Gasteiger partial charge in [0, 0.05) is 18.4 Å². The Bertz CT molecular complexity index is 480. The summed E-state index contributed by atoms with van der Waals surface area (Å²) in [5.74, 6) is 0.878. The molecule has 1 heterocycles. The lowest BCUT2D eigenvalue weighted by molar-refractivity contribution is 1.11. The van der Waals surface area contributed by atoms with Gasteiger partial charge in [-0.1, -0.05) is 18.2 Å². The average molecular weight is 213 g/mol. The zero-order chi connectivity index (χ0) is 11.4. The van der Waals surface area contributed by atoms with Crippen molar-refractivity contribution in [3.8, 4) is 0 Å². The molecule has 0 amide bonds. The summed E-state index contributed by atoms with van der Waals surface area (Å²) in [4.78, 5) is 4.23. The van der Waals surface area contributed by atoms with Crippen LogP contribution in [-0.2, 0) is 6.54 Å². The van der Waals surface area contributed by atoms with Gasteiger partial charge in [-0.2, -0.15) is 0 Å². The molecule has 0 aliphatic heterocycles. The number of nitrogens with zero attached hydrogens (tertiary/aromatic N) is 1. The average Bonchev–Trinajstić information content (AvgIpc) is 2.28. The highest BCUT2D eigenvalue weighted by Gasteiger charge is 1.98. The van der Waals surface area contributed by atoms with Gasteiger partial charge in [-0.3, -0.25) is 0 Å². The number of anilines is 2. The fourth-order valence-electron chi connectivity index (χ4n) is 1.51. The molecule has 2 aromatic rings. The summed E-state index contributed by atoms with van der Waals surface area (Å²) in [6.07, 6.45) is 1.80. The molecule has 0 fully saturated rings. The van der Waals surface area contributed by atoms with Crippen molar-refractivity contribution in [2.75, 3.05) is 11.1 Å². The Hall–Kier alpha value is -2.03. The smallest absolute Gasteiger partial charge is 0.126 e. The highest BCUT2D eigenvalue weighted by atomic mass is 15.0. The minimum absolute atomic E-state index is 0.698. The molecule has 0 atom stereocenters. The Kier molecular flexibility index (Phi) is 3.05. The van der Waals surface area contributed by atoms with Crippen LogP contribution >= 0.6 is 0 Å². The second-order valence-corrected chi connectivity index (χ2v) is 3.77. The van der Waals surface area contributed by atoms with Crippen molar-refractivity contribution in [1.82, 2.24) is 4.98 Å². The number of para-hydroxylation sites is 1. The number of benzene rings is 1. The predicted molar refractivity (Wildman–Crippen MR) is 67.2 cm³/mol. The first kappa shape index (κ1) is 10.5. The second-order valence-electron chi connectivity index (χ2n) is 3.77. The topological polar surface area (TPSA) is 50.9 Å². The molecule has 3 heteroatoms. The number of hydrogen-bond acceptors (Lipinski definition) is 3. The molecule has 0 aliphatic rings. The van der Waals surface area contributed by atoms with Gasteiger partial charge in [-0.25, -0.2) is 4.98 Å². The van der Waals surface area contributed by atoms with E-state index in [9.17, 15) is 0 Å². The monoisotopic (exact) mass is 213 g/mol. The van der Waals surface area contributed by atoms with Crippen molar-refractivity contribution in [2.45, 2.75) is 13.5 Å². The lowest BCUT2D eigenvalue weighted by Crippen LogP contribution is -2.03. The fraction of sp³-hybridized carbons (Fsp3) is 0.154. The molecule has 2 rings (SSSR count). The molecule has 0 aliphatic carbocycles. The Morgan fingerprint density at radius 2 is 2.06 bits per heavy atom. The molecule has 1 aromatic heterocycles. The molecular weight excluding hydrogens is 198 g/mol. The number of pyridine rings is 1. The van der Waals surface area contributed by atoms with Crippen LogP contribution in [0.25, 0.3) is 0 Å². The van der Waals surface area contributed by atoms with E-state index >= 15 is 0 Å². The number of nitrogen functional groups attached to an aromatic ring is 1. The molecule has 0 spiro atoms. The van der Waals surface area contributed by atoms with E-state index in [0.717, 1.165) is 17.1 Å². The molecule has 82 valence electrons. The van der Waals surface area contributed by atoms with Crippen molar-refractivity contribution in [3.05, 3.63) is 53.7 Å². The summed E-state index contributed by atoms with van der Waals surface area (Å²) < 4.78 is 0. The fourth-order valence-corrected chi connectivity index (χ4v) is 1.51. The maximum atomic E-state index is 5.85. The van der Waals surface area contributed by atoms with Crippen LogP contribution in [0.15, 0.2) is 42.6 Å². The van der Waals surface area contributed by atoms with Gasteiger partial charge in [0.15, 0.2) is 0 Å². The van der Waals surface area contributed by atoms with E-state index in [4.69, 9.17) is 5.73 Å². The van der Waals surface area contributed by atoms with E-state index in [0.29, 0.717) is 6.54 Å². The summed E-state index contributed by atoms with van der Waals surface area (Å²) in [6.45, 7) is 2.74. The standard InChI is InChI=1S/C13H15N3/c1-10-6-7-15-13(8-10)16-9-11-4-2-3-5-12(11)14/h2-8H,9,14H2,1H3,(H,15,16). The van der Waals surface area contributed by atoms with Crippen LogP contribution in [-0.4, -0.2) is 4.98 Å². The largest absolute Gasteiger partial charge is 0.398 e. The Labute approximate surface area is 95.3 Å². The Balaban J connectivity index is 2.05. The first-order valence-electron chi connectivity index (χ1n) is 5.25. The van der Waals surface area contributed by atoms with Crippen LogP contribution < -0.4 is 11.1 Å². The number of aromatic nitrogens is 1. The third-order valence-electron chi connectivity index (χ3n) is 2.43. The van der Waals surface area contributed by atoms with Gasteiger partial charge in [0.05, 0.1) is 0 Å². The summed E-state index contributed by atoms with van der Waals surface area (Å²) in [6, 6.07) is 11.8. The number of aryl methyl sites for hydroxylation is 1. The molecule has 16 heavy (non-hydrogen) atoms. The SMILES string of the molecule is Cc1ccnc(NCc2ccccc2N)c1. The van der Waals surface area contributed by atoms with Crippen LogP contribution in [0.2, 0.25) is 0 Å². The normalized spacial score (nSPS) is 10.1. The Morgan fingerprint density at radius 3 is 2.81 bits per heavy atom. The van der Waals surface area contributed by atoms with E-state index in [1.807, 2.05) is 43.3 Å². The van der Waals surface area contributed by atoms with Crippen LogP contribution in [0.1, 0.15) is 11.1 Å². The van der Waals surface area contributed by atoms with Gasteiger partial charge in [-0.05, 0) is 36.2 Å². The molecule has 0 bridgehead atoms. The van der Waals surface area contributed by atoms with E-state index in [-0.39, 0.29) is 0 Å². The quantitative estimate of drug-likeness (QED) is 0.770. The summed E-state index contributed by atoms with van der Waals surface area (Å²) in [5.41, 5.74) is 8.94. The van der Waals surface area contributed by atoms with Crippen LogP contribution in [0.5, 0.6) is 0 Å². The third kappa shape index (κ3) is 2.51. The highest BCUT2D eigenvalue weighted by Crippen LogP contribution is 2.13. The number of nitrogens with two attached hydrogens (primary N) is 1. The third-order valence-corrected chi connectivity index (χ3v) is 2.43. The molecular formula is C13H15N3. The minimum atomic E-state index is 0.698. The van der Waals surface area contributed by atoms with Gasteiger partial charge in [0.1, 0.15) is 5.82 Å². The molecule has 0 radical (unpaired) electrons. The highest BCUT2D eigenvalue weighted by molar-refractivity contribution is 5.48. The predicted octanol–water partition coefficient (Wildman–Crippen LogP) is 2.58. The van der Waals surface area contributed by atoms with Crippen molar-refractivity contribution < 1.29 is 0 Å². The van der Waals surface area contributed by atoms with Crippen LogP contribution in [0.3, 0.4) is 0 Å². The van der Waals surface area contributed by atoms with Crippen molar-refractivity contribution in [3.63, 3.8) is 0 Å². The number of nitrogens with one attached hydrogen (secondary N) is 1. The van der Waals surface area contributed by atoms with E-state index in [1.165, 1.54) is 5.56 Å². The first-order chi connectivity index (χ1) is 7.75. The maximum absolute atomic E-state index is 5.85. The molecule has 1 aromatic carbocycles. The van der Waals surface area contributed by atoms with Gasteiger partial charge >= 0.3 is 0 Å².